The standard InChI is InChI=1S/C13H19N3O3/c1-4-10-8-19-6-5-16(10)12-11(13(17)18-3)7-14-9(2)15-12/h7,10H,4-6,8H2,1-3H3. The highest BCUT2D eigenvalue weighted by Gasteiger charge is 2.27. The van der Waals surface area contributed by atoms with Crippen LogP contribution in [0.3, 0.4) is 0 Å². The van der Waals surface area contributed by atoms with Gasteiger partial charge in [-0.15, -0.1) is 0 Å². The van der Waals surface area contributed by atoms with E-state index in [2.05, 4.69) is 21.8 Å². The van der Waals surface area contributed by atoms with Crippen LogP contribution in [0.2, 0.25) is 0 Å². The van der Waals surface area contributed by atoms with E-state index in [0.717, 1.165) is 13.0 Å². The molecule has 0 aromatic carbocycles. The molecule has 0 N–H and O–H groups in total. The fraction of sp³-hybridized carbons (Fsp3) is 0.615. The average Bonchev–Trinajstić information content (AvgIpc) is 2.46. The Balaban J connectivity index is 2.40. The maximum atomic E-state index is 11.8. The molecule has 2 heterocycles. The van der Waals surface area contributed by atoms with E-state index < -0.39 is 5.97 Å². The van der Waals surface area contributed by atoms with Crippen LogP contribution in [0.5, 0.6) is 0 Å². The second-order valence-electron chi connectivity index (χ2n) is 4.48. The Bertz CT molecular complexity index is 464. The highest BCUT2D eigenvalue weighted by molar-refractivity contribution is 5.94. The van der Waals surface area contributed by atoms with E-state index >= 15 is 0 Å². The van der Waals surface area contributed by atoms with Crippen LogP contribution in [0.1, 0.15) is 29.5 Å². The Kier molecular flexibility index (Phi) is 4.31. The van der Waals surface area contributed by atoms with Crippen LogP contribution in [-0.2, 0) is 9.47 Å². The van der Waals surface area contributed by atoms with E-state index in [4.69, 9.17) is 9.47 Å². The lowest BCUT2D eigenvalue weighted by Crippen LogP contribution is -2.46. The number of nitrogens with zero attached hydrogens (tertiary/aromatic N) is 3. The zero-order chi connectivity index (χ0) is 13.8. The summed E-state index contributed by atoms with van der Waals surface area (Å²) in [6, 6.07) is 0.228. The zero-order valence-corrected chi connectivity index (χ0v) is 11.5. The van der Waals surface area contributed by atoms with Gasteiger partial charge in [0, 0.05) is 12.7 Å². The SMILES string of the molecule is CCC1COCCN1c1nc(C)ncc1C(=O)OC. The van der Waals surface area contributed by atoms with Crippen LogP contribution in [0.25, 0.3) is 0 Å². The third-order valence-electron chi connectivity index (χ3n) is 3.27. The number of morpholine rings is 1. The Morgan fingerprint density at radius 3 is 3.11 bits per heavy atom. The van der Waals surface area contributed by atoms with Crippen molar-refractivity contribution in [2.75, 3.05) is 31.8 Å². The van der Waals surface area contributed by atoms with Gasteiger partial charge in [0.1, 0.15) is 17.2 Å². The number of aryl methyl sites for hydroxylation is 1. The molecule has 0 amide bonds. The first-order valence-corrected chi connectivity index (χ1v) is 6.43. The summed E-state index contributed by atoms with van der Waals surface area (Å²) in [5.41, 5.74) is 0.411. The van der Waals surface area contributed by atoms with Gasteiger partial charge >= 0.3 is 5.97 Å². The number of hydrogen-bond donors (Lipinski definition) is 0. The Hall–Kier alpha value is -1.69. The monoisotopic (exact) mass is 265 g/mol. The highest BCUT2D eigenvalue weighted by atomic mass is 16.5. The Labute approximate surface area is 112 Å². The summed E-state index contributed by atoms with van der Waals surface area (Å²) in [6.45, 7) is 5.92. The van der Waals surface area contributed by atoms with Crippen molar-refractivity contribution in [2.45, 2.75) is 26.3 Å². The fourth-order valence-electron chi connectivity index (χ4n) is 2.20. The van der Waals surface area contributed by atoms with Crippen LogP contribution in [0, 0.1) is 6.92 Å². The predicted molar refractivity (Wildman–Crippen MR) is 70.4 cm³/mol. The number of methoxy groups -OCH3 is 1. The summed E-state index contributed by atoms with van der Waals surface area (Å²) in [6.07, 6.45) is 2.47. The minimum Gasteiger partial charge on any atom is -0.465 e. The van der Waals surface area contributed by atoms with Crippen molar-refractivity contribution in [1.29, 1.82) is 0 Å². The van der Waals surface area contributed by atoms with Crippen LogP contribution in [-0.4, -0.2) is 48.8 Å². The molecule has 0 saturated carbocycles. The maximum Gasteiger partial charge on any atom is 0.343 e. The quantitative estimate of drug-likeness (QED) is 0.765. The second-order valence-corrected chi connectivity index (χ2v) is 4.48. The number of aromatic nitrogens is 2. The summed E-state index contributed by atoms with van der Waals surface area (Å²) in [5, 5.41) is 0. The van der Waals surface area contributed by atoms with Crippen molar-refractivity contribution in [3.05, 3.63) is 17.6 Å². The molecule has 0 bridgehead atoms. The number of carbonyl (C=O) groups is 1. The van der Waals surface area contributed by atoms with E-state index in [1.165, 1.54) is 13.3 Å². The maximum absolute atomic E-state index is 11.8. The second kappa shape index (κ2) is 5.97. The van der Waals surface area contributed by atoms with Gasteiger partial charge in [-0.1, -0.05) is 6.92 Å². The lowest BCUT2D eigenvalue weighted by Gasteiger charge is -2.36. The van der Waals surface area contributed by atoms with Crippen molar-refractivity contribution in [3.8, 4) is 0 Å². The lowest BCUT2D eigenvalue weighted by molar-refractivity contribution is 0.0597. The van der Waals surface area contributed by atoms with E-state index in [1.54, 1.807) is 0 Å². The van der Waals surface area contributed by atoms with E-state index in [0.29, 0.717) is 30.4 Å². The van der Waals surface area contributed by atoms with Gasteiger partial charge < -0.3 is 14.4 Å². The number of carbonyl (C=O) groups excluding carboxylic acids is 1. The van der Waals surface area contributed by atoms with Gasteiger partial charge in [0.25, 0.3) is 0 Å². The van der Waals surface area contributed by atoms with Crippen LogP contribution in [0.4, 0.5) is 5.82 Å². The van der Waals surface area contributed by atoms with Gasteiger partial charge in [0.15, 0.2) is 0 Å². The van der Waals surface area contributed by atoms with Gasteiger partial charge in [-0.25, -0.2) is 14.8 Å². The van der Waals surface area contributed by atoms with Crippen LogP contribution < -0.4 is 4.90 Å². The largest absolute Gasteiger partial charge is 0.465 e. The molecule has 1 aromatic rings. The molecule has 6 heteroatoms. The summed E-state index contributed by atoms with van der Waals surface area (Å²) < 4.78 is 10.3. The summed E-state index contributed by atoms with van der Waals surface area (Å²) in [4.78, 5) is 22.4. The molecule has 104 valence electrons. The fourth-order valence-corrected chi connectivity index (χ4v) is 2.20. The first kappa shape index (κ1) is 13.7. The van der Waals surface area contributed by atoms with E-state index in [1.807, 2.05) is 6.92 Å². The third-order valence-corrected chi connectivity index (χ3v) is 3.27. The topological polar surface area (TPSA) is 64.5 Å². The minimum atomic E-state index is -0.406. The first-order chi connectivity index (χ1) is 9.17. The number of esters is 1. The van der Waals surface area contributed by atoms with Crippen LogP contribution in [0.15, 0.2) is 6.20 Å². The van der Waals surface area contributed by atoms with Crippen molar-refractivity contribution in [1.82, 2.24) is 9.97 Å². The van der Waals surface area contributed by atoms with Crippen molar-refractivity contribution >= 4 is 11.8 Å². The summed E-state index contributed by atoms with van der Waals surface area (Å²) in [7, 11) is 1.36. The van der Waals surface area contributed by atoms with Gasteiger partial charge in [-0.3, -0.25) is 0 Å². The van der Waals surface area contributed by atoms with Gasteiger partial charge in [0.05, 0.1) is 26.4 Å². The Morgan fingerprint density at radius 2 is 2.42 bits per heavy atom. The number of hydrogen-bond acceptors (Lipinski definition) is 6. The molecule has 0 radical (unpaired) electrons. The molecule has 2 rings (SSSR count). The van der Waals surface area contributed by atoms with Crippen LogP contribution >= 0.6 is 0 Å². The van der Waals surface area contributed by atoms with Gasteiger partial charge in [-0.05, 0) is 13.3 Å². The molecule has 19 heavy (non-hydrogen) atoms. The minimum absolute atomic E-state index is 0.228. The van der Waals surface area contributed by atoms with E-state index in [9.17, 15) is 4.79 Å². The van der Waals surface area contributed by atoms with Crippen molar-refractivity contribution in [3.63, 3.8) is 0 Å². The molecule has 1 aliphatic heterocycles. The van der Waals surface area contributed by atoms with Gasteiger partial charge in [0.2, 0.25) is 0 Å². The molecule has 1 unspecified atom stereocenters. The van der Waals surface area contributed by atoms with Crippen molar-refractivity contribution < 1.29 is 14.3 Å². The molecule has 1 fully saturated rings. The summed E-state index contributed by atoms with van der Waals surface area (Å²) in [5.74, 6) is 0.884. The molecule has 0 spiro atoms. The molecule has 1 aliphatic rings. The average molecular weight is 265 g/mol. The smallest absolute Gasteiger partial charge is 0.343 e. The van der Waals surface area contributed by atoms with Gasteiger partial charge in [-0.2, -0.15) is 0 Å². The molecular weight excluding hydrogens is 246 g/mol. The summed E-state index contributed by atoms with van der Waals surface area (Å²) >= 11 is 0. The molecule has 1 atom stereocenters. The van der Waals surface area contributed by atoms with Crippen molar-refractivity contribution in [2.24, 2.45) is 0 Å². The Morgan fingerprint density at radius 1 is 1.63 bits per heavy atom. The third kappa shape index (κ3) is 2.84. The number of ether oxygens (including phenoxy) is 2. The molecule has 6 nitrogen and oxygen atoms in total. The van der Waals surface area contributed by atoms with E-state index in [-0.39, 0.29) is 6.04 Å². The lowest BCUT2D eigenvalue weighted by atomic mass is 10.1. The number of anilines is 1. The zero-order valence-electron chi connectivity index (χ0n) is 11.5. The molecule has 0 aliphatic carbocycles. The predicted octanol–water partition coefficient (Wildman–Crippen LogP) is 1.19. The normalized spacial score (nSPS) is 19.3. The first-order valence-electron chi connectivity index (χ1n) is 6.43. The molecule has 1 aromatic heterocycles. The highest BCUT2D eigenvalue weighted by Crippen LogP contribution is 2.23. The molecule has 1 saturated heterocycles. The number of rotatable bonds is 3. The molecular formula is C13H19N3O3.